The van der Waals surface area contributed by atoms with Crippen molar-refractivity contribution in [3.05, 3.63) is 29.8 Å². The van der Waals surface area contributed by atoms with Crippen LogP contribution in [0.3, 0.4) is 0 Å². The van der Waals surface area contributed by atoms with Crippen LogP contribution in [0.2, 0.25) is 0 Å². The van der Waals surface area contributed by atoms with Gasteiger partial charge in [-0.25, -0.2) is 9.59 Å². The predicted molar refractivity (Wildman–Crippen MR) is 81.1 cm³/mol. The van der Waals surface area contributed by atoms with E-state index in [-0.39, 0.29) is 12.2 Å². The summed E-state index contributed by atoms with van der Waals surface area (Å²) in [4.78, 5) is 23.5. The lowest BCUT2D eigenvalue weighted by molar-refractivity contribution is -0.136. The quantitative estimate of drug-likeness (QED) is 0.762. The van der Waals surface area contributed by atoms with Gasteiger partial charge in [-0.1, -0.05) is 16.0 Å². The van der Waals surface area contributed by atoms with E-state index < -0.39 is 34.2 Å². The molecule has 0 saturated carbocycles. The van der Waals surface area contributed by atoms with Gasteiger partial charge in [-0.2, -0.15) is 8.42 Å². The van der Waals surface area contributed by atoms with E-state index in [1.165, 1.54) is 24.3 Å². The van der Waals surface area contributed by atoms with Gasteiger partial charge in [0, 0.05) is 6.42 Å². The number of phenolic OH excluding ortho intramolecular Hbond substituents is 1. The summed E-state index contributed by atoms with van der Waals surface area (Å²) in [6.07, 6.45) is -1.20. The lowest BCUT2D eigenvalue weighted by Crippen LogP contribution is -2.45. The minimum absolute atomic E-state index is 0.0238. The maximum Gasteiger partial charge on any atom is 0.491 e. The summed E-state index contributed by atoms with van der Waals surface area (Å²) in [6, 6.07) is 4.04. The molecule has 0 aliphatic carbocycles. The molecule has 0 fully saturated rings. The number of alkyl carbamates (subject to hydrolysis) is 1. The lowest BCUT2D eigenvalue weighted by atomic mass is 10.1. The van der Waals surface area contributed by atoms with E-state index >= 15 is 0 Å². The van der Waals surface area contributed by atoms with Gasteiger partial charge in [0.15, 0.2) is 0 Å². The number of carbonyl (C=O) groups excluding carboxylic acids is 2. The number of amides is 1. The number of aromatic hydroxyl groups is 1. The number of hydrogen-bond donors (Lipinski definition) is 2. The first-order valence-corrected chi connectivity index (χ1v) is 8.12. The second-order valence-corrected chi connectivity index (χ2v) is 6.82. The zero-order valence-corrected chi connectivity index (χ0v) is 14.1. The maximum atomic E-state index is 12.6. The van der Waals surface area contributed by atoms with Crippen LogP contribution in [0.5, 0.6) is 5.75 Å². The van der Waals surface area contributed by atoms with Crippen LogP contribution in [0, 0.1) is 0 Å². The van der Waals surface area contributed by atoms with Crippen LogP contribution in [-0.4, -0.2) is 37.2 Å². The monoisotopic (exact) mass is 363 g/mol. The molecule has 2 N–H and O–H groups in total. The Morgan fingerprint density at radius 1 is 1.25 bits per heavy atom. The summed E-state index contributed by atoms with van der Waals surface area (Å²) >= 11 is 0. The van der Waals surface area contributed by atoms with Gasteiger partial charge in [0.05, 0.1) is 0 Å². The number of halogens is 1. The molecule has 1 aromatic carbocycles. The summed E-state index contributed by atoms with van der Waals surface area (Å²) in [5.74, 6) is -1.53. The summed E-state index contributed by atoms with van der Waals surface area (Å²) in [5.41, 5.74) is -0.398. The molecule has 0 radical (unpaired) electrons. The summed E-state index contributed by atoms with van der Waals surface area (Å²) in [5, 5.41) is 11.3. The maximum absolute atomic E-state index is 12.6. The Kier molecular flexibility index (Phi) is 6.13. The highest BCUT2D eigenvalue weighted by Gasteiger charge is 2.29. The van der Waals surface area contributed by atoms with Crippen molar-refractivity contribution in [2.24, 2.45) is 0 Å². The zero-order valence-electron chi connectivity index (χ0n) is 13.3. The number of phenols is 1. The van der Waals surface area contributed by atoms with Gasteiger partial charge < -0.3 is 19.3 Å². The Hall–Kier alpha value is -2.36. The normalized spacial score (nSPS) is 13.0. The largest absolute Gasteiger partial charge is 0.508 e. The highest BCUT2D eigenvalue weighted by molar-refractivity contribution is 7.81. The van der Waals surface area contributed by atoms with Crippen LogP contribution < -0.4 is 5.32 Å². The van der Waals surface area contributed by atoms with Gasteiger partial charge in [0.1, 0.15) is 17.4 Å². The van der Waals surface area contributed by atoms with Crippen molar-refractivity contribution in [1.82, 2.24) is 5.32 Å². The predicted octanol–water partition coefficient (Wildman–Crippen LogP) is 1.59. The minimum atomic E-state index is -5.52. The molecule has 1 atom stereocenters. The molecule has 1 amide bonds. The molecule has 0 saturated heterocycles. The number of rotatable bonds is 5. The van der Waals surface area contributed by atoms with Crippen LogP contribution in [0.4, 0.5) is 8.68 Å². The molecule has 0 aliphatic heterocycles. The van der Waals surface area contributed by atoms with Gasteiger partial charge >= 0.3 is 22.6 Å². The molecule has 0 aromatic heterocycles. The van der Waals surface area contributed by atoms with Crippen molar-refractivity contribution < 1.29 is 35.9 Å². The summed E-state index contributed by atoms with van der Waals surface area (Å²) in [6.45, 7) is 4.77. The highest BCUT2D eigenvalue weighted by Crippen LogP contribution is 2.13. The molecular weight excluding hydrogens is 345 g/mol. The Morgan fingerprint density at radius 3 is 2.25 bits per heavy atom. The van der Waals surface area contributed by atoms with Crippen molar-refractivity contribution in [2.75, 3.05) is 0 Å². The van der Waals surface area contributed by atoms with Crippen molar-refractivity contribution in [3.8, 4) is 5.75 Å². The second kappa shape index (κ2) is 7.47. The van der Waals surface area contributed by atoms with Crippen LogP contribution in [0.25, 0.3) is 0 Å². The first-order chi connectivity index (χ1) is 10.9. The standard InChI is InChI=1S/C14H18FNO7S/c1-14(2,3)22-13(19)16-11(12(18)23-24(15,20)21)8-9-4-6-10(17)7-5-9/h4-7,11,17H,8H2,1-3H3,(H,16,19)/t11-/m0/s1. The molecule has 1 aromatic rings. The molecule has 0 spiro atoms. The molecule has 0 bridgehead atoms. The van der Waals surface area contributed by atoms with Crippen LogP contribution in [0.1, 0.15) is 26.3 Å². The zero-order chi connectivity index (χ0) is 18.5. The topological polar surface area (TPSA) is 119 Å². The van der Waals surface area contributed by atoms with Crippen LogP contribution in [-0.2, 0) is 30.6 Å². The van der Waals surface area contributed by atoms with E-state index in [1.54, 1.807) is 20.8 Å². The van der Waals surface area contributed by atoms with E-state index in [9.17, 15) is 27.0 Å². The third-order valence-electron chi connectivity index (χ3n) is 2.53. The molecule has 0 heterocycles. The molecular formula is C14H18FNO7S. The first-order valence-electron chi connectivity index (χ1n) is 6.81. The van der Waals surface area contributed by atoms with E-state index in [4.69, 9.17) is 4.74 Å². The van der Waals surface area contributed by atoms with Gasteiger partial charge in [0.25, 0.3) is 0 Å². The molecule has 24 heavy (non-hydrogen) atoms. The Bertz CT molecular complexity index is 695. The van der Waals surface area contributed by atoms with Crippen LogP contribution >= 0.6 is 0 Å². The molecule has 1 rings (SSSR count). The van der Waals surface area contributed by atoms with Gasteiger partial charge in [-0.15, -0.1) is 0 Å². The van der Waals surface area contributed by atoms with Gasteiger partial charge in [-0.05, 0) is 38.5 Å². The van der Waals surface area contributed by atoms with Gasteiger partial charge in [-0.3, -0.25) is 0 Å². The molecule has 0 aliphatic rings. The second-order valence-electron chi connectivity index (χ2n) is 5.86. The average molecular weight is 363 g/mol. The van der Waals surface area contributed by atoms with E-state index in [0.717, 1.165) is 0 Å². The fourth-order valence-corrected chi connectivity index (χ4v) is 1.98. The molecule has 134 valence electrons. The van der Waals surface area contributed by atoms with Gasteiger partial charge in [0.2, 0.25) is 0 Å². The van der Waals surface area contributed by atoms with E-state index in [1.807, 2.05) is 0 Å². The fourth-order valence-electron chi connectivity index (χ4n) is 1.67. The third-order valence-corrected chi connectivity index (χ3v) is 2.90. The third kappa shape index (κ3) is 7.77. The SMILES string of the molecule is CC(C)(C)OC(=O)N[C@@H](Cc1ccc(O)cc1)C(=O)OS(=O)(=O)F. The van der Waals surface area contributed by atoms with E-state index in [0.29, 0.717) is 5.56 Å². The summed E-state index contributed by atoms with van der Waals surface area (Å²) in [7, 11) is -5.52. The smallest absolute Gasteiger partial charge is 0.491 e. The average Bonchev–Trinajstić information content (AvgIpc) is 2.36. The number of benzene rings is 1. The Labute approximate surface area is 139 Å². The Balaban J connectivity index is 2.91. The number of hydrogen-bond acceptors (Lipinski definition) is 7. The lowest BCUT2D eigenvalue weighted by Gasteiger charge is -2.22. The number of nitrogens with one attached hydrogen (secondary N) is 1. The number of carbonyl (C=O) groups is 2. The minimum Gasteiger partial charge on any atom is -0.508 e. The molecule has 0 unspecified atom stereocenters. The van der Waals surface area contributed by atoms with Crippen molar-refractivity contribution in [2.45, 2.75) is 38.8 Å². The molecule has 8 nitrogen and oxygen atoms in total. The fraction of sp³-hybridized carbons (Fsp3) is 0.429. The highest BCUT2D eigenvalue weighted by atomic mass is 32.3. The van der Waals surface area contributed by atoms with Crippen molar-refractivity contribution in [3.63, 3.8) is 0 Å². The van der Waals surface area contributed by atoms with Crippen LogP contribution in [0.15, 0.2) is 24.3 Å². The first kappa shape index (κ1) is 19.7. The summed E-state index contributed by atoms with van der Waals surface area (Å²) < 4.78 is 42.1. The Morgan fingerprint density at radius 2 is 1.79 bits per heavy atom. The van der Waals surface area contributed by atoms with Crippen molar-refractivity contribution >= 4 is 22.6 Å². The molecule has 10 heteroatoms. The van der Waals surface area contributed by atoms with E-state index in [2.05, 4.69) is 9.50 Å². The van der Waals surface area contributed by atoms with Crippen molar-refractivity contribution in [1.29, 1.82) is 0 Å². The number of ether oxygens (including phenoxy) is 1.